The van der Waals surface area contributed by atoms with Crippen molar-refractivity contribution in [1.29, 1.82) is 0 Å². The molecule has 1 nitrogen and oxygen atoms in total. The van der Waals surface area contributed by atoms with E-state index in [1.165, 1.54) is 12.1 Å². The molecule has 2 rings (SSSR count). The Kier molecular flexibility index (Phi) is 3.43. The van der Waals surface area contributed by atoms with Crippen LogP contribution in [0.2, 0.25) is 0 Å². The Balaban J connectivity index is 2.21. The molecule has 94 valence electrons. The molecular formula is C13H16F3N. The SMILES string of the molecule is NC1CCCC(c2cccc(C(F)(F)F)c2)C1. The van der Waals surface area contributed by atoms with Gasteiger partial charge in [-0.3, -0.25) is 0 Å². The summed E-state index contributed by atoms with van der Waals surface area (Å²) in [7, 11) is 0. The summed E-state index contributed by atoms with van der Waals surface area (Å²) in [6, 6.07) is 5.77. The second-order valence-electron chi connectivity index (χ2n) is 4.75. The summed E-state index contributed by atoms with van der Waals surface area (Å²) in [6.07, 6.45) is -0.541. The van der Waals surface area contributed by atoms with E-state index in [-0.39, 0.29) is 12.0 Å². The van der Waals surface area contributed by atoms with Crippen molar-refractivity contribution in [3.8, 4) is 0 Å². The standard InChI is InChI=1S/C13H16F3N/c14-13(15,16)11-5-1-3-9(7-11)10-4-2-6-12(17)8-10/h1,3,5,7,10,12H,2,4,6,8,17H2. The van der Waals surface area contributed by atoms with E-state index in [1.807, 2.05) is 0 Å². The van der Waals surface area contributed by atoms with Crippen LogP contribution in [0.3, 0.4) is 0 Å². The molecule has 2 N–H and O–H groups in total. The van der Waals surface area contributed by atoms with Gasteiger partial charge in [0, 0.05) is 6.04 Å². The number of alkyl halides is 3. The van der Waals surface area contributed by atoms with E-state index in [2.05, 4.69) is 0 Å². The van der Waals surface area contributed by atoms with Crippen LogP contribution in [0.15, 0.2) is 24.3 Å². The highest BCUT2D eigenvalue weighted by atomic mass is 19.4. The summed E-state index contributed by atoms with van der Waals surface area (Å²) in [4.78, 5) is 0. The number of nitrogens with two attached hydrogens (primary N) is 1. The van der Waals surface area contributed by atoms with Crippen molar-refractivity contribution in [1.82, 2.24) is 0 Å². The van der Waals surface area contributed by atoms with Gasteiger partial charge >= 0.3 is 6.18 Å². The molecule has 0 bridgehead atoms. The first-order valence-corrected chi connectivity index (χ1v) is 5.89. The summed E-state index contributed by atoms with van der Waals surface area (Å²) in [5, 5.41) is 0. The molecule has 0 amide bonds. The normalized spacial score (nSPS) is 25.9. The second-order valence-corrected chi connectivity index (χ2v) is 4.75. The molecule has 1 aromatic rings. The third-order valence-electron chi connectivity index (χ3n) is 3.40. The molecule has 1 aromatic carbocycles. The van der Waals surface area contributed by atoms with Crippen LogP contribution < -0.4 is 5.73 Å². The first-order chi connectivity index (χ1) is 7.97. The third kappa shape index (κ3) is 3.00. The quantitative estimate of drug-likeness (QED) is 0.799. The van der Waals surface area contributed by atoms with E-state index in [4.69, 9.17) is 5.73 Å². The van der Waals surface area contributed by atoms with Crippen LogP contribution in [-0.2, 0) is 6.18 Å². The molecule has 1 aliphatic carbocycles. The van der Waals surface area contributed by atoms with Crippen LogP contribution in [0.5, 0.6) is 0 Å². The van der Waals surface area contributed by atoms with Crippen LogP contribution in [0.1, 0.15) is 42.7 Å². The summed E-state index contributed by atoms with van der Waals surface area (Å²) < 4.78 is 37.8. The molecule has 0 heterocycles. The number of halogens is 3. The van der Waals surface area contributed by atoms with Crippen LogP contribution in [0.25, 0.3) is 0 Å². The smallest absolute Gasteiger partial charge is 0.328 e. The maximum Gasteiger partial charge on any atom is 0.416 e. The maximum absolute atomic E-state index is 12.6. The van der Waals surface area contributed by atoms with Gasteiger partial charge in [-0.1, -0.05) is 24.6 Å². The number of benzene rings is 1. The van der Waals surface area contributed by atoms with Crippen molar-refractivity contribution < 1.29 is 13.2 Å². The minimum Gasteiger partial charge on any atom is -0.328 e. The molecule has 0 radical (unpaired) electrons. The Hall–Kier alpha value is -1.03. The monoisotopic (exact) mass is 243 g/mol. The Labute approximate surface area is 98.8 Å². The molecule has 0 aliphatic heterocycles. The topological polar surface area (TPSA) is 26.0 Å². The molecule has 1 saturated carbocycles. The van der Waals surface area contributed by atoms with Crippen LogP contribution in [0, 0.1) is 0 Å². The van der Waals surface area contributed by atoms with E-state index in [0.717, 1.165) is 37.3 Å². The van der Waals surface area contributed by atoms with Gasteiger partial charge in [0.15, 0.2) is 0 Å². The van der Waals surface area contributed by atoms with Gasteiger partial charge in [0.1, 0.15) is 0 Å². The van der Waals surface area contributed by atoms with Gasteiger partial charge in [0.2, 0.25) is 0 Å². The van der Waals surface area contributed by atoms with Crippen molar-refractivity contribution >= 4 is 0 Å². The molecule has 1 fully saturated rings. The van der Waals surface area contributed by atoms with Crippen LogP contribution >= 0.6 is 0 Å². The fraction of sp³-hybridized carbons (Fsp3) is 0.538. The highest BCUT2D eigenvalue weighted by molar-refractivity contribution is 5.28. The predicted octanol–water partition coefficient (Wildman–Crippen LogP) is 3.69. The zero-order valence-corrected chi connectivity index (χ0v) is 9.50. The largest absolute Gasteiger partial charge is 0.416 e. The fourth-order valence-electron chi connectivity index (χ4n) is 2.50. The minimum absolute atomic E-state index is 0.128. The van der Waals surface area contributed by atoms with E-state index in [0.29, 0.717) is 0 Å². The van der Waals surface area contributed by atoms with Crippen LogP contribution in [0.4, 0.5) is 13.2 Å². The molecule has 2 unspecified atom stereocenters. The maximum atomic E-state index is 12.6. The highest BCUT2D eigenvalue weighted by Gasteiger charge is 2.31. The Morgan fingerprint density at radius 3 is 2.59 bits per heavy atom. The average Bonchev–Trinajstić information content (AvgIpc) is 2.28. The summed E-state index contributed by atoms with van der Waals surface area (Å²) in [6.45, 7) is 0. The van der Waals surface area contributed by atoms with Crippen molar-refractivity contribution in [2.24, 2.45) is 5.73 Å². The molecule has 0 saturated heterocycles. The van der Waals surface area contributed by atoms with Crippen molar-refractivity contribution in [2.75, 3.05) is 0 Å². The highest BCUT2D eigenvalue weighted by Crippen LogP contribution is 2.35. The number of hydrogen-bond acceptors (Lipinski definition) is 1. The van der Waals surface area contributed by atoms with Gasteiger partial charge in [0.25, 0.3) is 0 Å². The fourth-order valence-corrected chi connectivity index (χ4v) is 2.50. The lowest BCUT2D eigenvalue weighted by molar-refractivity contribution is -0.137. The first-order valence-electron chi connectivity index (χ1n) is 5.89. The molecule has 1 aliphatic rings. The van der Waals surface area contributed by atoms with Gasteiger partial charge in [-0.05, 0) is 36.8 Å². The molecule has 4 heteroatoms. The summed E-state index contributed by atoms with van der Waals surface area (Å²) >= 11 is 0. The van der Waals surface area contributed by atoms with Gasteiger partial charge in [-0.2, -0.15) is 13.2 Å². The molecular weight excluding hydrogens is 227 g/mol. The van der Waals surface area contributed by atoms with E-state index >= 15 is 0 Å². The molecule has 0 spiro atoms. The van der Waals surface area contributed by atoms with Gasteiger partial charge in [-0.15, -0.1) is 0 Å². The van der Waals surface area contributed by atoms with Crippen molar-refractivity contribution in [3.05, 3.63) is 35.4 Å². The summed E-state index contributed by atoms with van der Waals surface area (Å²) in [5.41, 5.74) is 6.08. The molecule has 0 aromatic heterocycles. The van der Waals surface area contributed by atoms with E-state index < -0.39 is 11.7 Å². The van der Waals surface area contributed by atoms with Gasteiger partial charge in [-0.25, -0.2) is 0 Å². The second kappa shape index (κ2) is 4.69. The Bertz CT molecular complexity index is 386. The third-order valence-corrected chi connectivity index (χ3v) is 3.40. The molecule has 2 atom stereocenters. The first kappa shape index (κ1) is 12.4. The zero-order chi connectivity index (χ0) is 12.5. The lowest BCUT2D eigenvalue weighted by Crippen LogP contribution is -2.26. The Morgan fingerprint density at radius 2 is 1.94 bits per heavy atom. The molecule has 17 heavy (non-hydrogen) atoms. The zero-order valence-electron chi connectivity index (χ0n) is 9.50. The van der Waals surface area contributed by atoms with Crippen molar-refractivity contribution in [3.63, 3.8) is 0 Å². The Morgan fingerprint density at radius 1 is 1.18 bits per heavy atom. The number of rotatable bonds is 1. The number of hydrogen-bond donors (Lipinski definition) is 1. The van der Waals surface area contributed by atoms with E-state index in [1.54, 1.807) is 6.07 Å². The predicted molar refractivity (Wildman–Crippen MR) is 60.6 cm³/mol. The summed E-state index contributed by atoms with van der Waals surface area (Å²) in [5.74, 6) is 0.182. The van der Waals surface area contributed by atoms with Gasteiger partial charge in [0.05, 0.1) is 5.56 Å². The minimum atomic E-state index is -4.26. The average molecular weight is 243 g/mol. The van der Waals surface area contributed by atoms with Gasteiger partial charge < -0.3 is 5.73 Å². The lowest BCUT2D eigenvalue weighted by Gasteiger charge is -2.27. The van der Waals surface area contributed by atoms with Crippen LogP contribution in [-0.4, -0.2) is 6.04 Å². The van der Waals surface area contributed by atoms with Crippen molar-refractivity contribution in [2.45, 2.75) is 43.8 Å². The lowest BCUT2D eigenvalue weighted by atomic mass is 9.81. The van der Waals surface area contributed by atoms with E-state index in [9.17, 15) is 13.2 Å².